The Morgan fingerprint density at radius 2 is 1.71 bits per heavy atom. The average Bonchev–Trinajstić information content (AvgIpc) is 3.34. The number of rotatable bonds is 9. The number of aromatic nitrogens is 6. The molecule has 15 heteroatoms. The molecule has 4 aromatic rings. The normalized spacial score (nSPS) is 13.3. The lowest BCUT2D eigenvalue weighted by atomic mass is 10.1. The smallest absolute Gasteiger partial charge is 0.277 e. The van der Waals surface area contributed by atoms with Gasteiger partial charge in [0.05, 0.1) is 46.7 Å². The van der Waals surface area contributed by atoms with Crippen LogP contribution in [0.1, 0.15) is 16.2 Å². The van der Waals surface area contributed by atoms with Gasteiger partial charge in [0.2, 0.25) is 11.7 Å². The van der Waals surface area contributed by atoms with Crippen molar-refractivity contribution in [2.75, 3.05) is 64.5 Å². The van der Waals surface area contributed by atoms with Crippen LogP contribution >= 0.6 is 0 Å². The minimum Gasteiger partial charge on any atom is -0.493 e. The summed E-state index contributed by atoms with van der Waals surface area (Å²) < 4.78 is 24.1. The molecule has 1 aliphatic rings. The van der Waals surface area contributed by atoms with E-state index < -0.39 is 5.91 Å². The van der Waals surface area contributed by atoms with Crippen molar-refractivity contribution in [2.45, 2.75) is 6.54 Å². The lowest BCUT2D eigenvalue weighted by Gasteiger charge is -2.28. The zero-order valence-electron chi connectivity index (χ0n) is 23.4. The Morgan fingerprint density at radius 1 is 1.05 bits per heavy atom. The third-order valence-corrected chi connectivity index (χ3v) is 6.75. The highest BCUT2D eigenvalue weighted by molar-refractivity contribution is 5.92. The molecule has 15 nitrogen and oxygen atoms in total. The number of amides is 1. The Hall–Kier alpha value is -4.76. The summed E-state index contributed by atoms with van der Waals surface area (Å²) in [5.41, 5.74) is 3.70. The quantitative estimate of drug-likeness (QED) is 0.222. The Morgan fingerprint density at radius 3 is 2.29 bits per heavy atom. The fourth-order valence-corrected chi connectivity index (χ4v) is 4.55. The van der Waals surface area contributed by atoms with Gasteiger partial charge in [0.25, 0.3) is 5.91 Å². The number of morpholine rings is 1. The van der Waals surface area contributed by atoms with Gasteiger partial charge < -0.3 is 33.3 Å². The van der Waals surface area contributed by atoms with Crippen LogP contribution in [0.4, 0.5) is 11.8 Å². The highest BCUT2D eigenvalue weighted by atomic mass is 16.5. The molecule has 3 aromatic heterocycles. The minimum absolute atomic E-state index is 0.136. The summed E-state index contributed by atoms with van der Waals surface area (Å²) >= 11 is 0. The van der Waals surface area contributed by atoms with Crippen LogP contribution in [0.3, 0.4) is 0 Å². The van der Waals surface area contributed by atoms with Gasteiger partial charge in [-0.15, -0.1) is 0 Å². The highest BCUT2D eigenvalue weighted by Crippen LogP contribution is 2.41. The summed E-state index contributed by atoms with van der Waals surface area (Å²) in [6.07, 6.45) is 2.68. The van der Waals surface area contributed by atoms with Gasteiger partial charge in [-0.25, -0.2) is 30.4 Å². The van der Waals surface area contributed by atoms with E-state index in [-0.39, 0.29) is 5.56 Å². The number of carbonyl (C=O) groups is 1. The Bertz CT molecular complexity index is 1530. The number of imidazole rings is 1. The number of anilines is 2. The van der Waals surface area contributed by atoms with E-state index in [2.05, 4.69) is 14.9 Å². The maximum absolute atomic E-state index is 11.6. The number of hydroxylamine groups is 1. The molecule has 0 spiro atoms. The minimum atomic E-state index is -0.688. The van der Waals surface area contributed by atoms with Crippen molar-refractivity contribution in [3.05, 3.63) is 35.9 Å². The molecule has 1 amide bonds. The van der Waals surface area contributed by atoms with Crippen LogP contribution in [-0.2, 0) is 18.3 Å². The summed E-state index contributed by atoms with van der Waals surface area (Å²) in [4.78, 5) is 38.8. The molecule has 0 radical (unpaired) electrons. The SMILES string of the molecule is COc1cc(-c2nc(N3CCOCC3)c3nc(CN(C)c4ncc(C(=O)NO)cn4)n(C)c3n2)cc(OC)c1OC. The molecule has 2 N–H and O–H groups in total. The lowest BCUT2D eigenvalue weighted by molar-refractivity contribution is 0.0705. The molecule has 0 unspecified atom stereocenters. The van der Waals surface area contributed by atoms with Crippen LogP contribution in [0.2, 0.25) is 0 Å². The predicted molar refractivity (Wildman–Crippen MR) is 148 cm³/mol. The van der Waals surface area contributed by atoms with Gasteiger partial charge in [-0.1, -0.05) is 0 Å². The van der Waals surface area contributed by atoms with E-state index in [1.165, 1.54) is 12.4 Å². The first-order valence-electron chi connectivity index (χ1n) is 12.7. The first kappa shape index (κ1) is 27.8. The zero-order chi connectivity index (χ0) is 29.1. The second-order valence-electron chi connectivity index (χ2n) is 9.21. The first-order chi connectivity index (χ1) is 19.9. The third kappa shape index (κ3) is 5.36. The molecule has 0 saturated carbocycles. The van der Waals surface area contributed by atoms with E-state index >= 15 is 0 Å². The van der Waals surface area contributed by atoms with Crippen LogP contribution in [0.25, 0.3) is 22.6 Å². The van der Waals surface area contributed by atoms with Crippen LogP contribution in [0.5, 0.6) is 17.2 Å². The number of benzene rings is 1. The second-order valence-corrected chi connectivity index (χ2v) is 9.21. The van der Waals surface area contributed by atoms with Crippen LogP contribution in [-0.4, -0.2) is 95.3 Å². The number of methoxy groups -OCH3 is 3. The molecule has 1 fully saturated rings. The Labute approximate surface area is 235 Å². The van der Waals surface area contributed by atoms with Gasteiger partial charge >= 0.3 is 0 Å². The molecule has 1 aromatic carbocycles. The Kier molecular flexibility index (Phi) is 7.98. The molecule has 41 heavy (non-hydrogen) atoms. The van der Waals surface area contributed by atoms with Crippen molar-refractivity contribution < 1.29 is 28.9 Å². The summed E-state index contributed by atoms with van der Waals surface area (Å²) in [6.45, 7) is 2.83. The number of nitrogens with zero attached hydrogens (tertiary/aromatic N) is 8. The molecule has 1 saturated heterocycles. The number of fused-ring (bicyclic) bond motifs is 1. The predicted octanol–water partition coefficient (Wildman–Crippen LogP) is 1.44. The van der Waals surface area contributed by atoms with Gasteiger partial charge in [-0.2, -0.15) is 0 Å². The summed E-state index contributed by atoms with van der Waals surface area (Å²) in [5.74, 6) is 3.03. The summed E-state index contributed by atoms with van der Waals surface area (Å²) in [6, 6.07) is 3.63. The average molecular weight is 566 g/mol. The second kappa shape index (κ2) is 11.8. The van der Waals surface area contributed by atoms with Crippen molar-refractivity contribution in [3.63, 3.8) is 0 Å². The fourth-order valence-electron chi connectivity index (χ4n) is 4.55. The number of hydrogen-bond acceptors (Lipinski definition) is 13. The standard InChI is InChI=1S/C26H31N9O6/c1-33(26-27-12-16(13-28-26)25(36)32-37)14-19-29-20-23(34(19)2)30-22(31-24(20)35-6-8-41-9-7-35)15-10-17(38-3)21(40-5)18(11-15)39-4/h10-13,37H,6-9,14H2,1-5H3,(H,32,36). The number of ether oxygens (including phenoxy) is 4. The first-order valence-corrected chi connectivity index (χ1v) is 12.7. The van der Waals surface area contributed by atoms with E-state index in [1.54, 1.807) is 31.7 Å². The monoisotopic (exact) mass is 565 g/mol. The molecule has 0 atom stereocenters. The van der Waals surface area contributed by atoms with Gasteiger partial charge in [-0.3, -0.25) is 10.0 Å². The molecule has 216 valence electrons. The van der Waals surface area contributed by atoms with E-state index in [0.29, 0.717) is 90.2 Å². The number of hydrogen-bond donors (Lipinski definition) is 2. The van der Waals surface area contributed by atoms with Crippen molar-refractivity contribution in [2.24, 2.45) is 7.05 Å². The third-order valence-electron chi connectivity index (χ3n) is 6.75. The van der Waals surface area contributed by atoms with E-state index in [4.69, 9.17) is 39.1 Å². The van der Waals surface area contributed by atoms with Crippen molar-refractivity contribution in [3.8, 4) is 28.6 Å². The molecular weight excluding hydrogens is 534 g/mol. The number of nitrogens with one attached hydrogen (secondary N) is 1. The van der Waals surface area contributed by atoms with Crippen LogP contribution in [0.15, 0.2) is 24.5 Å². The topological polar surface area (TPSA) is 162 Å². The number of carbonyl (C=O) groups excluding carboxylic acids is 1. The van der Waals surface area contributed by atoms with Gasteiger partial charge in [0.1, 0.15) is 5.82 Å². The van der Waals surface area contributed by atoms with Crippen molar-refractivity contribution >= 4 is 28.8 Å². The highest BCUT2D eigenvalue weighted by Gasteiger charge is 2.24. The van der Waals surface area contributed by atoms with Crippen LogP contribution in [0, 0.1) is 0 Å². The van der Waals surface area contributed by atoms with Crippen molar-refractivity contribution in [1.29, 1.82) is 0 Å². The van der Waals surface area contributed by atoms with Gasteiger partial charge in [-0.05, 0) is 12.1 Å². The van der Waals surface area contributed by atoms with E-state index in [1.807, 2.05) is 30.8 Å². The summed E-state index contributed by atoms with van der Waals surface area (Å²) in [7, 11) is 8.39. The van der Waals surface area contributed by atoms with Gasteiger partial charge in [0, 0.05) is 45.1 Å². The van der Waals surface area contributed by atoms with E-state index in [9.17, 15) is 4.79 Å². The number of aryl methyl sites for hydroxylation is 1. The zero-order valence-corrected chi connectivity index (χ0v) is 23.4. The lowest BCUT2D eigenvalue weighted by Crippen LogP contribution is -2.37. The maximum atomic E-state index is 11.6. The molecular formula is C26H31N9O6. The Balaban J connectivity index is 1.58. The molecule has 4 heterocycles. The van der Waals surface area contributed by atoms with E-state index in [0.717, 1.165) is 0 Å². The van der Waals surface area contributed by atoms with Crippen LogP contribution < -0.4 is 29.5 Å². The molecule has 0 aliphatic carbocycles. The van der Waals surface area contributed by atoms with Gasteiger partial charge in [0.15, 0.2) is 34.3 Å². The molecule has 0 bridgehead atoms. The summed E-state index contributed by atoms with van der Waals surface area (Å²) in [5, 5.41) is 8.83. The fraction of sp³-hybridized carbons (Fsp3) is 0.385. The molecule has 1 aliphatic heterocycles. The van der Waals surface area contributed by atoms with Crippen molar-refractivity contribution in [1.82, 2.24) is 35.0 Å². The maximum Gasteiger partial charge on any atom is 0.277 e. The largest absolute Gasteiger partial charge is 0.493 e. The molecule has 5 rings (SSSR count).